The Kier molecular flexibility index (Phi) is 4.61. The Morgan fingerprint density at radius 3 is 2.24 bits per heavy atom. The highest BCUT2D eigenvalue weighted by atomic mass is 19.1. The molecule has 2 aromatic carbocycles. The molecule has 3 rings (SSSR count). The molecule has 0 N–H and O–H groups in total. The highest BCUT2D eigenvalue weighted by molar-refractivity contribution is 6.00. The number of aldehydes is 1. The lowest BCUT2D eigenvalue weighted by Crippen LogP contribution is -2.25. The number of fused-ring (bicyclic) bond motifs is 1. The lowest BCUT2D eigenvalue weighted by Gasteiger charge is -2.20. The molecular formula is C21H18FNO2. The van der Waals surface area contributed by atoms with Gasteiger partial charge in [0.15, 0.2) is 0 Å². The van der Waals surface area contributed by atoms with E-state index in [1.54, 1.807) is 28.8 Å². The van der Waals surface area contributed by atoms with Crippen LogP contribution in [0.2, 0.25) is 0 Å². The Balaban J connectivity index is 2.52. The van der Waals surface area contributed by atoms with E-state index >= 15 is 0 Å². The van der Waals surface area contributed by atoms with Crippen molar-refractivity contribution < 1.29 is 9.18 Å². The first kappa shape index (κ1) is 16.8. The fourth-order valence-corrected chi connectivity index (χ4v) is 3.11. The number of rotatable bonds is 4. The molecule has 0 aliphatic rings. The van der Waals surface area contributed by atoms with Gasteiger partial charge in [0.1, 0.15) is 12.1 Å². The van der Waals surface area contributed by atoms with Crippen LogP contribution < -0.4 is 5.56 Å². The van der Waals surface area contributed by atoms with Crippen LogP contribution in [0.4, 0.5) is 4.39 Å². The second-order valence-corrected chi connectivity index (χ2v) is 6.08. The van der Waals surface area contributed by atoms with Gasteiger partial charge in [0, 0.05) is 17.0 Å². The Labute approximate surface area is 145 Å². The third-order valence-electron chi connectivity index (χ3n) is 4.14. The summed E-state index contributed by atoms with van der Waals surface area (Å²) in [6.07, 6.45) is 3.69. The number of carbonyl (C=O) groups is 1. The van der Waals surface area contributed by atoms with Crippen LogP contribution in [0.3, 0.4) is 0 Å². The molecular weight excluding hydrogens is 317 g/mol. The van der Waals surface area contributed by atoms with Crippen molar-refractivity contribution >= 4 is 23.1 Å². The van der Waals surface area contributed by atoms with Crippen molar-refractivity contribution in [2.24, 2.45) is 0 Å². The molecule has 0 aliphatic heterocycles. The zero-order valence-electron chi connectivity index (χ0n) is 14.1. The quantitative estimate of drug-likeness (QED) is 0.516. The smallest absolute Gasteiger partial charge is 0.259 e. The number of halogens is 1. The molecule has 1 aromatic heterocycles. The van der Waals surface area contributed by atoms with Gasteiger partial charge >= 0.3 is 0 Å². The molecule has 0 unspecified atom stereocenters. The fraction of sp³-hybridized carbons (Fsp3) is 0.143. The first-order chi connectivity index (χ1) is 12.0. The lowest BCUT2D eigenvalue weighted by molar-refractivity contribution is -0.104. The largest absolute Gasteiger partial charge is 0.305 e. The molecule has 4 heteroatoms. The predicted octanol–water partition coefficient (Wildman–Crippen LogP) is 4.60. The average molecular weight is 335 g/mol. The van der Waals surface area contributed by atoms with Crippen LogP contribution in [-0.2, 0) is 4.79 Å². The number of hydrogen-bond donors (Lipinski definition) is 0. The van der Waals surface area contributed by atoms with Crippen LogP contribution in [0.1, 0.15) is 25.6 Å². The minimum Gasteiger partial charge on any atom is -0.305 e. The van der Waals surface area contributed by atoms with E-state index in [9.17, 15) is 14.0 Å². The SMILES string of the molecule is CC(C)n1c(C=CC=O)c(-c2ccc(F)cc2)c2ccccc2c1=O. The standard InChI is InChI=1S/C21H18FNO2/c1-14(2)23-19(8-5-13-24)20(15-9-11-16(22)12-10-15)17-6-3-4-7-18(17)21(23)25/h3-14H,1-2H3. The molecule has 126 valence electrons. The molecule has 0 saturated carbocycles. The Bertz CT molecular complexity index is 1010. The zero-order chi connectivity index (χ0) is 18.0. The van der Waals surface area contributed by atoms with E-state index < -0.39 is 0 Å². The van der Waals surface area contributed by atoms with E-state index in [2.05, 4.69) is 0 Å². The molecule has 1 heterocycles. The van der Waals surface area contributed by atoms with Crippen molar-refractivity contribution in [3.8, 4) is 11.1 Å². The molecule has 0 saturated heterocycles. The van der Waals surface area contributed by atoms with E-state index in [0.717, 1.165) is 16.5 Å². The van der Waals surface area contributed by atoms with Gasteiger partial charge in [0.05, 0.1) is 5.69 Å². The van der Waals surface area contributed by atoms with Gasteiger partial charge in [0.2, 0.25) is 0 Å². The summed E-state index contributed by atoms with van der Waals surface area (Å²) in [6, 6.07) is 13.4. The van der Waals surface area contributed by atoms with Crippen molar-refractivity contribution in [2.75, 3.05) is 0 Å². The molecule has 3 nitrogen and oxygen atoms in total. The number of allylic oxidation sites excluding steroid dienone is 1. The summed E-state index contributed by atoms with van der Waals surface area (Å²) in [6.45, 7) is 3.84. The summed E-state index contributed by atoms with van der Waals surface area (Å²) in [7, 11) is 0. The number of pyridine rings is 1. The minimum absolute atomic E-state index is 0.0948. The third kappa shape index (κ3) is 3.03. The molecule has 25 heavy (non-hydrogen) atoms. The third-order valence-corrected chi connectivity index (χ3v) is 4.14. The second kappa shape index (κ2) is 6.85. The summed E-state index contributed by atoms with van der Waals surface area (Å²) < 4.78 is 15.0. The number of aromatic nitrogens is 1. The molecule has 0 fully saturated rings. The second-order valence-electron chi connectivity index (χ2n) is 6.08. The van der Waals surface area contributed by atoms with Crippen molar-refractivity contribution in [2.45, 2.75) is 19.9 Å². The Hall–Kier alpha value is -3.01. The normalized spacial score (nSPS) is 11.5. The maximum Gasteiger partial charge on any atom is 0.259 e. The summed E-state index contributed by atoms with van der Waals surface area (Å²) in [5, 5.41) is 1.38. The van der Waals surface area contributed by atoms with Crippen molar-refractivity contribution in [3.63, 3.8) is 0 Å². The Morgan fingerprint density at radius 2 is 1.64 bits per heavy atom. The zero-order valence-corrected chi connectivity index (χ0v) is 14.1. The fourth-order valence-electron chi connectivity index (χ4n) is 3.11. The van der Waals surface area contributed by atoms with Gasteiger partial charge in [-0.05, 0) is 55.1 Å². The lowest BCUT2D eigenvalue weighted by atomic mass is 9.96. The van der Waals surface area contributed by atoms with Crippen LogP contribution in [0.25, 0.3) is 28.0 Å². The molecule has 3 aromatic rings. The minimum atomic E-state index is -0.324. The van der Waals surface area contributed by atoms with Gasteiger partial charge in [-0.1, -0.05) is 30.3 Å². The van der Waals surface area contributed by atoms with Crippen molar-refractivity contribution in [1.29, 1.82) is 0 Å². The number of nitrogens with zero attached hydrogens (tertiary/aromatic N) is 1. The van der Waals surface area contributed by atoms with Gasteiger partial charge in [0.25, 0.3) is 5.56 Å². The molecule has 0 radical (unpaired) electrons. The topological polar surface area (TPSA) is 39.1 Å². The van der Waals surface area contributed by atoms with Gasteiger partial charge in [-0.3, -0.25) is 9.59 Å². The van der Waals surface area contributed by atoms with Crippen LogP contribution in [0.15, 0.2) is 59.4 Å². The van der Waals surface area contributed by atoms with Crippen LogP contribution in [-0.4, -0.2) is 10.9 Å². The summed E-state index contributed by atoms with van der Waals surface area (Å²) in [4.78, 5) is 23.8. The van der Waals surface area contributed by atoms with Crippen LogP contribution in [0.5, 0.6) is 0 Å². The maximum atomic E-state index is 13.4. The van der Waals surface area contributed by atoms with Crippen LogP contribution in [0, 0.1) is 5.82 Å². The molecule has 0 spiro atoms. The van der Waals surface area contributed by atoms with E-state index in [1.807, 2.05) is 32.0 Å². The number of carbonyl (C=O) groups excluding carboxylic acids is 1. The van der Waals surface area contributed by atoms with Crippen molar-refractivity contribution in [1.82, 2.24) is 4.57 Å². The highest BCUT2D eigenvalue weighted by Gasteiger charge is 2.17. The number of benzene rings is 2. The summed E-state index contributed by atoms with van der Waals surface area (Å²) in [5.41, 5.74) is 2.12. The summed E-state index contributed by atoms with van der Waals surface area (Å²) in [5.74, 6) is -0.324. The van der Waals surface area contributed by atoms with Gasteiger partial charge in [-0.25, -0.2) is 4.39 Å². The number of hydrogen-bond acceptors (Lipinski definition) is 2. The van der Waals surface area contributed by atoms with E-state index in [1.165, 1.54) is 18.2 Å². The predicted molar refractivity (Wildman–Crippen MR) is 99.1 cm³/mol. The van der Waals surface area contributed by atoms with Gasteiger partial charge in [-0.2, -0.15) is 0 Å². The molecule has 0 atom stereocenters. The van der Waals surface area contributed by atoms with E-state index in [0.29, 0.717) is 17.4 Å². The average Bonchev–Trinajstić information content (AvgIpc) is 2.61. The molecule has 0 aliphatic carbocycles. The van der Waals surface area contributed by atoms with Crippen LogP contribution >= 0.6 is 0 Å². The van der Waals surface area contributed by atoms with E-state index in [4.69, 9.17) is 0 Å². The monoisotopic (exact) mass is 335 g/mol. The molecule has 0 bridgehead atoms. The maximum absolute atomic E-state index is 13.4. The first-order valence-electron chi connectivity index (χ1n) is 8.09. The highest BCUT2D eigenvalue weighted by Crippen LogP contribution is 2.32. The van der Waals surface area contributed by atoms with Gasteiger partial charge in [-0.15, -0.1) is 0 Å². The van der Waals surface area contributed by atoms with E-state index in [-0.39, 0.29) is 17.4 Å². The summed E-state index contributed by atoms with van der Waals surface area (Å²) >= 11 is 0. The Morgan fingerprint density at radius 1 is 1.00 bits per heavy atom. The first-order valence-corrected chi connectivity index (χ1v) is 8.09. The van der Waals surface area contributed by atoms with Crippen molar-refractivity contribution in [3.05, 3.63) is 76.5 Å². The van der Waals surface area contributed by atoms with Gasteiger partial charge < -0.3 is 4.57 Å². The molecule has 0 amide bonds.